The van der Waals surface area contributed by atoms with Crippen LogP contribution in [0.2, 0.25) is 0 Å². The molecule has 0 spiro atoms. The topological polar surface area (TPSA) is 57.5 Å². The Hall–Kier alpha value is -1.49. The number of nitrogens with zero attached hydrogens (tertiary/aromatic N) is 1. The molecule has 0 aromatic carbocycles. The summed E-state index contributed by atoms with van der Waals surface area (Å²) < 4.78 is 5.27. The van der Waals surface area contributed by atoms with Crippen LogP contribution in [-0.4, -0.2) is 37.1 Å². The Balaban J connectivity index is 1.56. The van der Waals surface area contributed by atoms with E-state index in [0.29, 0.717) is 6.54 Å². The molecule has 0 radical (unpaired) electrons. The van der Waals surface area contributed by atoms with Crippen LogP contribution < -0.4 is 10.6 Å². The molecule has 0 aliphatic heterocycles. The molecule has 1 saturated carbocycles. The third kappa shape index (κ3) is 5.37. The Morgan fingerprint density at radius 1 is 1.41 bits per heavy atom. The molecule has 1 atom stereocenters. The normalized spacial score (nSPS) is 17.4. The van der Waals surface area contributed by atoms with E-state index in [-0.39, 0.29) is 12.1 Å². The average Bonchev–Trinajstić information content (AvgIpc) is 3.06. The second-order valence-corrected chi connectivity index (χ2v) is 6.26. The monoisotopic (exact) mass is 307 g/mol. The van der Waals surface area contributed by atoms with Crippen LogP contribution in [0.15, 0.2) is 22.8 Å². The van der Waals surface area contributed by atoms with Gasteiger partial charge in [0.1, 0.15) is 5.76 Å². The molecule has 5 heteroatoms. The largest absolute Gasteiger partial charge is 0.467 e. The van der Waals surface area contributed by atoms with E-state index in [9.17, 15) is 4.79 Å². The Labute approximate surface area is 133 Å². The number of hydrogen-bond donors (Lipinski definition) is 2. The summed E-state index contributed by atoms with van der Waals surface area (Å²) in [5.74, 6) is 0.771. The maximum atomic E-state index is 11.8. The van der Waals surface area contributed by atoms with Crippen molar-refractivity contribution in [3.05, 3.63) is 24.2 Å². The number of urea groups is 1. The number of rotatable bonds is 7. The van der Waals surface area contributed by atoms with Gasteiger partial charge in [-0.2, -0.15) is 0 Å². The highest BCUT2D eigenvalue weighted by Crippen LogP contribution is 2.21. The molecular weight excluding hydrogens is 278 g/mol. The van der Waals surface area contributed by atoms with Gasteiger partial charge in [-0.25, -0.2) is 4.79 Å². The molecule has 2 N–H and O–H groups in total. The van der Waals surface area contributed by atoms with E-state index in [0.717, 1.165) is 24.8 Å². The number of nitrogens with one attached hydrogen (secondary N) is 2. The molecule has 2 amide bonds. The SMILES string of the molecule is CC(NC(=O)NCCCN(C)C1CCCCC1)c1ccco1. The zero-order valence-electron chi connectivity index (χ0n) is 13.8. The first-order valence-electron chi connectivity index (χ1n) is 8.45. The van der Waals surface area contributed by atoms with E-state index in [1.54, 1.807) is 6.26 Å². The predicted molar refractivity (Wildman–Crippen MR) is 87.8 cm³/mol. The van der Waals surface area contributed by atoms with Gasteiger partial charge in [-0.15, -0.1) is 0 Å². The summed E-state index contributed by atoms with van der Waals surface area (Å²) in [5.41, 5.74) is 0. The first-order valence-corrected chi connectivity index (χ1v) is 8.45. The molecular formula is C17H29N3O2. The quantitative estimate of drug-likeness (QED) is 0.760. The van der Waals surface area contributed by atoms with Crippen molar-refractivity contribution in [1.82, 2.24) is 15.5 Å². The minimum Gasteiger partial charge on any atom is -0.467 e. The van der Waals surface area contributed by atoms with E-state index < -0.39 is 0 Å². The molecule has 2 rings (SSSR count). The van der Waals surface area contributed by atoms with Crippen LogP contribution in [0.25, 0.3) is 0 Å². The van der Waals surface area contributed by atoms with Crippen LogP contribution in [0.3, 0.4) is 0 Å². The van der Waals surface area contributed by atoms with Crippen molar-refractivity contribution in [3.8, 4) is 0 Å². The summed E-state index contributed by atoms with van der Waals surface area (Å²) in [6.07, 6.45) is 9.36. The van der Waals surface area contributed by atoms with Crippen molar-refractivity contribution in [2.24, 2.45) is 0 Å². The van der Waals surface area contributed by atoms with Crippen LogP contribution in [0.5, 0.6) is 0 Å². The highest BCUT2D eigenvalue weighted by molar-refractivity contribution is 5.74. The van der Waals surface area contributed by atoms with Crippen molar-refractivity contribution in [1.29, 1.82) is 0 Å². The van der Waals surface area contributed by atoms with E-state index in [1.807, 2.05) is 19.1 Å². The van der Waals surface area contributed by atoms with Gasteiger partial charge in [0.2, 0.25) is 0 Å². The lowest BCUT2D eigenvalue weighted by atomic mass is 9.94. The van der Waals surface area contributed by atoms with E-state index >= 15 is 0 Å². The second-order valence-electron chi connectivity index (χ2n) is 6.26. The molecule has 1 aliphatic carbocycles. The molecule has 1 aromatic rings. The lowest BCUT2D eigenvalue weighted by Gasteiger charge is -2.31. The van der Waals surface area contributed by atoms with Crippen molar-refractivity contribution >= 4 is 6.03 Å². The van der Waals surface area contributed by atoms with Crippen molar-refractivity contribution < 1.29 is 9.21 Å². The van der Waals surface area contributed by atoms with Gasteiger partial charge >= 0.3 is 6.03 Å². The molecule has 1 unspecified atom stereocenters. The molecule has 0 saturated heterocycles. The van der Waals surface area contributed by atoms with Crippen LogP contribution in [0, 0.1) is 0 Å². The maximum absolute atomic E-state index is 11.8. The van der Waals surface area contributed by atoms with Crippen LogP contribution in [-0.2, 0) is 0 Å². The molecule has 124 valence electrons. The fourth-order valence-corrected chi connectivity index (χ4v) is 3.09. The number of amides is 2. The maximum Gasteiger partial charge on any atom is 0.315 e. The van der Waals surface area contributed by atoms with Gasteiger partial charge in [-0.3, -0.25) is 0 Å². The van der Waals surface area contributed by atoms with Gasteiger partial charge in [0.05, 0.1) is 12.3 Å². The summed E-state index contributed by atoms with van der Waals surface area (Å²) in [6.45, 7) is 3.65. The van der Waals surface area contributed by atoms with Crippen molar-refractivity contribution in [2.75, 3.05) is 20.1 Å². The van der Waals surface area contributed by atoms with E-state index in [4.69, 9.17) is 4.42 Å². The Morgan fingerprint density at radius 2 is 2.18 bits per heavy atom. The van der Waals surface area contributed by atoms with Gasteiger partial charge in [-0.1, -0.05) is 19.3 Å². The third-order valence-corrected chi connectivity index (χ3v) is 4.49. The fourth-order valence-electron chi connectivity index (χ4n) is 3.09. The van der Waals surface area contributed by atoms with Crippen LogP contribution >= 0.6 is 0 Å². The zero-order chi connectivity index (χ0) is 15.8. The number of hydrogen-bond acceptors (Lipinski definition) is 3. The molecule has 1 heterocycles. The van der Waals surface area contributed by atoms with Crippen LogP contribution in [0.1, 0.15) is 57.3 Å². The minimum absolute atomic E-state index is 0.111. The first kappa shape index (κ1) is 16.9. The zero-order valence-corrected chi connectivity index (χ0v) is 13.8. The minimum atomic E-state index is -0.135. The smallest absolute Gasteiger partial charge is 0.315 e. The number of furan rings is 1. The Bertz CT molecular complexity index is 427. The Morgan fingerprint density at radius 3 is 2.86 bits per heavy atom. The lowest BCUT2D eigenvalue weighted by Crippen LogP contribution is -2.39. The summed E-state index contributed by atoms with van der Waals surface area (Å²) in [4.78, 5) is 14.3. The van der Waals surface area contributed by atoms with E-state index in [1.165, 1.54) is 32.1 Å². The average molecular weight is 307 g/mol. The van der Waals surface area contributed by atoms with E-state index in [2.05, 4.69) is 22.6 Å². The third-order valence-electron chi connectivity index (χ3n) is 4.49. The van der Waals surface area contributed by atoms with Crippen LogP contribution in [0.4, 0.5) is 4.79 Å². The highest BCUT2D eigenvalue weighted by Gasteiger charge is 2.17. The molecule has 1 aliphatic rings. The van der Waals surface area contributed by atoms with Gasteiger partial charge < -0.3 is 20.0 Å². The summed E-state index contributed by atoms with van der Waals surface area (Å²) in [5, 5.41) is 5.79. The summed E-state index contributed by atoms with van der Waals surface area (Å²) >= 11 is 0. The van der Waals surface area contributed by atoms with Gasteiger partial charge in [0, 0.05) is 12.6 Å². The van der Waals surface area contributed by atoms with Gasteiger partial charge in [-0.05, 0) is 51.9 Å². The standard InChI is InChI=1S/C17H29N3O2/c1-14(16-10-6-13-22-16)19-17(21)18-11-7-12-20(2)15-8-4-3-5-9-15/h6,10,13-15H,3-5,7-9,11-12H2,1-2H3,(H2,18,19,21). The molecule has 0 bridgehead atoms. The molecule has 22 heavy (non-hydrogen) atoms. The predicted octanol–water partition coefficient (Wildman–Crippen LogP) is 3.29. The lowest BCUT2D eigenvalue weighted by molar-refractivity contribution is 0.189. The molecule has 5 nitrogen and oxygen atoms in total. The van der Waals surface area contributed by atoms with Gasteiger partial charge in [0.25, 0.3) is 0 Å². The first-order chi connectivity index (χ1) is 10.7. The second kappa shape index (κ2) is 8.83. The fraction of sp³-hybridized carbons (Fsp3) is 0.706. The van der Waals surface area contributed by atoms with Crippen molar-refractivity contribution in [3.63, 3.8) is 0 Å². The Kier molecular flexibility index (Phi) is 6.77. The van der Waals surface area contributed by atoms with Gasteiger partial charge in [0.15, 0.2) is 0 Å². The number of carbonyl (C=O) groups excluding carboxylic acids is 1. The molecule has 1 fully saturated rings. The summed E-state index contributed by atoms with van der Waals surface area (Å²) in [6, 6.07) is 4.18. The highest BCUT2D eigenvalue weighted by atomic mass is 16.3. The summed E-state index contributed by atoms with van der Waals surface area (Å²) in [7, 11) is 2.20. The van der Waals surface area contributed by atoms with Crippen molar-refractivity contribution in [2.45, 2.75) is 57.5 Å². The molecule has 1 aromatic heterocycles. The number of carbonyl (C=O) groups is 1.